The van der Waals surface area contributed by atoms with Gasteiger partial charge in [-0.05, 0) is 38.1 Å². The molecule has 0 unspecified atom stereocenters. The largest absolute Gasteiger partial charge is 0.409 e. The van der Waals surface area contributed by atoms with Crippen LogP contribution in [-0.4, -0.2) is 41.3 Å². The van der Waals surface area contributed by atoms with Crippen molar-refractivity contribution in [1.82, 2.24) is 4.90 Å². The topological polar surface area (TPSA) is 61.9 Å². The van der Waals surface area contributed by atoms with Gasteiger partial charge in [-0.25, -0.2) is 0 Å². The molecule has 2 rings (SSSR count). The molecule has 5 heteroatoms. The van der Waals surface area contributed by atoms with Crippen molar-refractivity contribution in [2.75, 3.05) is 25.4 Å². The van der Waals surface area contributed by atoms with Gasteiger partial charge in [-0.15, -0.1) is 11.8 Å². The van der Waals surface area contributed by atoms with Gasteiger partial charge in [0.2, 0.25) is 0 Å². The van der Waals surface area contributed by atoms with E-state index in [4.69, 9.17) is 10.9 Å². The van der Waals surface area contributed by atoms with Crippen molar-refractivity contribution < 1.29 is 5.21 Å². The van der Waals surface area contributed by atoms with E-state index < -0.39 is 0 Å². The molecule has 0 saturated carbocycles. The average molecular weight is 279 g/mol. The highest BCUT2D eigenvalue weighted by atomic mass is 32.2. The van der Waals surface area contributed by atoms with Gasteiger partial charge < -0.3 is 15.8 Å². The lowest BCUT2D eigenvalue weighted by Gasteiger charge is -2.31. The number of nitrogens with zero attached hydrogens (tertiary/aromatic N) is 2. The number of benzene rings is 1. The third kappa shape index (κ3) is 4.44. The Labute approximate surface area is 118 Å². The van der Waals surface area contributed by atoms with Crippen LogP contribution in [0, 0.1) is 5.92 Å². The van der Waals surface area contributed by atoms with E-state index in [0.717, 1.165) is 38.2 Å². The van der Waals surface area contributed by atoms with Gasteiger partial charge in [-0.2, -0.15) is 0 Å². The molecule has 0 bridgehead atoms. The molecule has 1 aliphatic rings. The molecule has 104 valence electrons. The predicted octanol–water partition coefficient (Wildman–Crippen LogP) is 2.24. The molecule has 0 aliphatic carbocycles. The molecule has 4 nitrogen and oxygen atoms in total. The summed E-state index contributed by atoms with van der Waals surface area (Å²) in [4.78, 5) is 3.78. The predicted molar refractivity (Wildman–Crippen MR) is 79.7 cm³/mol. The molecule has 3 N–H and O–H groups in total. The van der Waals surface area contributed by atoms with E-state index in [1.807, 2.05) is 17.8 Å². The Bertz CT molecular complexity index is 402. The smallest absolute Gasteiger partial charge is 0.142 e. The van der Waals surface area contributed by atoms with Gasteiger partial charge in [0, 0.05) is 23.1 Å². The van der Waals surface area contributed by atoms with Crippen molar-refractivity contribution in [1.29, 1.82) is 0 Å². The van der Waals surface area contributed by atoms with Crippen LogP contribution in [0.2, 0.25) is 0 Å². The van der Waals surface area contributed by atoms with Gasteiger partial charge in [-0.1, -0.05) is 23.4 Å². The first kappa shape index (κ1) is 14.2. The number of oxime groups is 1. The van der Waals surface area contributed by atoms with Crippen LogP contribution in [0.15, 0.2) is 40.4 Å². The van der Waals surface area contributed by atoms with E-state index in [1.54, 1.807) is 0 Å². The average Bonchev–Trinajstić information content (AvgIpc) is 2.48. The first-order valence-electron chi connectivity index (χ1n) is 6.67. The lowest BCUT2D eigenvalue weighted by molar-refractivity contribution is 0.217. The van der Waals surface area contributed by atoms with Gasteiger partial charge in [0.15, 0.2) is 0 Å². The molecular formula is C14H21N3OS. The molecule has 19 heavy (non-hydrogen) atoms. The summed E-state index contributed by atoms with van der Waals surface area (Å²) in [5.74, 6) is 1.75. The maximum Gasteiger partial charge on any atom is 0.142 e. The SMILES string of the molecule is NC(=NO)C1CCN(CCSc2ccccc2)CC1. The monoisotopic (exact) mass is 279 g/mol. The Morgan fingerprint density at radius 2 is 2.00 bits per heavy atom. The van der Waals surface area contributed by atoms with Crippen molar-refractivity contribution in [3.8, 4) is 0 Å². The molecule has 0 aromatic heterocycles. The molecular weight excluding hydrogens is 258 g/mol. The number of hydrogen-bond donors (Lipinski definition) is 2. The molecule has 0 spiro atoms. The minimum absolute atomic E-state index is 0.253. The van der Waals surface area contributed by atoms with Gasteiger partial charge in [-0.3, -0.25) is 0 Å². The van der Waals surface area contributed by atoms with E-state index in [-0.39, 0.29) is 5.92 Å². The van der Waals surface area contributed by atoms with Gasteiger partial charge in [0.1, 0.15) is 5.84 Å². The Morgan fingerprint density at radius 1 is 1.32 bits per heavy atom. The van der Waals surface area contributed by atoms with E-state index in [1.165, 1.54) is 4.90 Å². The fourth-order valence-electron chi connectivity index (χ4n) is 2.34. The Hall–Kier alpha value is -1.20. The van der Waals surface area contributed by atoms with Crippen LogP contribution in [0.4, 0.5) is 0 Å². The number of amidine groups is 1. The number of nitrogens with two attached hydrogens (primary N) is 1. The second kappa shape index (κ2) is 7.40. The van der Waals surface area contributed by atoms with Crippen LogP contribution < -0.4 is 5.73 Å². The van der Waals surface area contributed by atoms with Crippen molar-refractivity contribution in [3.63, 3.8) is 0 Å². The van der Waals surface area contributed by atoms with Crippen LogP contribution in [0.25, 0.3) is 0 Å². The van der Waals surface area contributed by atoms with Crippen LogP contribution in [0.5, 0.6) is 0 Å². The number of likely N-dealkylation sites (tertiary alicyclic amines) is 1. The zero-order valence-corrected chi connectivity index (χ0v) is 11.9. The molecule has 0 radical (unpaired) electrons. The lowest BCUT2D eigenvalue weighted by atomic mass is 9.96. The number of thioether (sulfide) groups is 1. The maximum atomic E-state index is 8.67. The molecule has 1 heterocycles. The first-order chi connectivity index (χ1) is 9.29. The summed E-state index contributed by atoms with van der Waals surface area (Å²) in [5.41, 5.74) is 5.65. The Kier molecular flexibility index (Phi) is 5.54. The summed E-state index contributed by atoms with van der Waals surface area (Å²) in [6.07, 6.45) is 1.98. The van der Waals surface area contributed by atoms with Crippen molar-refractivity contribution in [2.24, 2.45) is 16.8 Å². The van der Waals surface area contributed by atoms with E-state index >= 15 is 0 Å². The maximum absolute atomic E-state index is 8.67. The van der Waals surface area contributed by atoms with E-state index in [2.05, 4.69) is 34.3 Å². The summed E-state index contributed by atoms with van der Waals surface area (Å²) >= 11 is 1.90. The van der Waals surface area contributed by atoms with E-state index in [9.17, 15) is 0 Å². The lowest BCUT2D eigenvalue weighted by Crippen LogP contribution is -2.39. The van der Waals surface area contributed by atoms with Crippen molar-refractivity contribution >= 4 is 17.6 Å². The van der Waals surface area contributed by atoms with E-state index in [0.29, 0.717) is 5.84 Å². The molecule has 1 fully saturated rings. The normalized spacial score (nSPS) is 18.6. The van der Waals surface area contributed by atoms with Crippen LogP contribution >= 0.6 is 11.8 Å². The molecule has 1 aromatic rings. The Morgan fingerprint density at radius 3 is 2.63 bits per heavy atom. The number of hydrogen-bond acceptors (Lipinski definition) is 4. The van der Waals surface area contributed by atoms with Gasteiger partial charge >= 0.3 is 0 Å². The van der Waals surface area contributed by atoms with Crippen LogP contribution in [-0.2, 0) is 0 Å². The van der Waals surface area contributed by atoms with Gasteiger partial charge in [0.25, 0.3) is 0 Å². The zero-order chi connectivity index (χ0) is 13.5. The van der Waals surface area contributed by atoms with Gasteiger partial charge in [0.05, 0.1) is 0 Å². The highest BCUT2D eigenvalue weighted by Crippen LogP contribution is 2.20. The molecule has 0 amide bonds. The first-order valence-corrected chi connectivity index (χ1v) is 7.66. The third-order valence-electron chi connectivity index (χ3n) is 3.54. The highest BCUT2D eigenvalue weighted by Gasteiger charge is 2.21. The number of rotatable bonds is 5. The van der Waals surface area contributed by atoms with Crippen molar-refractivity contribution in [2.45, 2.75) is 17.7 Å². The standard InChI is InChI=1S/C14H21N3OS/c15-14(16-18)12-6-8-17(9-7-12)10-11-19-13-4-2-1-3-5-13/h1-5,12,18H,6-11H2,(H2,15,16). The zero-order valence-electron chi connectivity index (χ0n) is 11.0. The second-order valence-electron chi connectivity index (χ2n) is 4.80. The van der Waals surface area contributed by atoms with Crippen LogP contribution in [0.1, 0.15) is 12.8 Å². The summed E-state index contributed by atoms with van der Waals surface area (Å²) < 4.78 is 0. The quantitative estimate of drug-likeness (QED) is 0.285. The molecule has 1 aliphatic heterocycles. The van der Waals surface area contributed by atoms with Crippen LogP contribution in [0.3, 0.4) is 0 Å². The third-order valence-corrected chi connectivity index (χ3v) is 4.53. The minimum atomic E-state index is 0.253. The number of piperidine rings is 1. The summed E-state index contributed by atoms with van der Waals surface area (Å²) in [6.45, 7) is 3.18. The fourth-order valence-corrected chi connectivity index (χ4v) is 3.28. The Balaban J connectivity index is 1.66. The highest BCUT2D eigenvalue weighted by molar-refractivity contribution is 7.99. The molecule has 1 saturated heterocycles. The molecule has 0 atom stereocenters. The minimum Gasteiger partial charge on any atom is -0.409 e. The summed E-state index contributed by atoms with van der Waals surface area (Å²) in [5, 5.41) is 11.8. The van der Waals surface area contributed by atoms with Crippen molar-refractivity contribution in [3.05, 3.63) is 30.3 Å². The second-order valence-corrected chi connectivity index (χ2v) is 5.97. The summed E-state index contributed by atoms with van der Waals surface area (Å²) in [6, 6.07) is 10.5. The molecule has 1 aromatic carbocycles. The fraction of sp³-hybridized carbons (Fsp3) is 0.500. The summed E-state index contributed by atoms with van der Waals surface area (Å²) in [7, 11) is 0.